The summed E-state index contributed by atoms with van der Waals surface area (Å²) in [4.78, 5) is 11.8. The van der Waals surface area contributed by atoms with Crippen molar-refractivity contribution < 1.29 is 4.79 Å². The van der Waals surface area contributed by atoms with E-state index in [0.717, 1.165) is 12.8 Å². The minimum absolute atomic E-state index is 0.0400. The van der Waals surface area contributed by atoms with Gasteiger partial charge in [-0.05, 0) is 23.8 Å². The lowest BCUT2D eigenvalue weighted by atomic mass is 9.62. The fraction of sp³-hybridized carbons (Fsp3) is 0.632. The molecule has 1 unspecified atom stereocenters. The Morgan fingerprint density at radius 1 is 1.00 bits per heavy atom. The molecule has 1 nitrogen and oxygen atoms in total. The molecule has 20 heavy (non-hydrogen) atoms. The summed E-state index contributed by atoms with van der Waals surface area (Å²) >= 11 is 0. The Labute approximate surface area is 124 Å². The quantitative estimate of drug-likeness (QED) is 0.433. The lowest BCUT2D eigenvalue weighted by Crippen LogP contribution is -2.38. The van der Waals surface area contributed by atoms with E-state index in [1.165, 1.54) is 37.5 Å². The highest BCUT2D eigenvalue weighted by Crippen LogP contribution is 2.43. The zero-order valence-corrected chi connectivity index (χ0v) is 13.6. The molecule has 0 aromatic heterocycles. The van der Waals surface area contributed by atoms with Gasteiger partial charge < -0.3 is 4.79 Å². The summed E-state index contributed by atoms with van der Waals surface area (Å²) in [5.41, 5.74) is 1.00. The molecule has 0 radical (unpaired) electrons. The normalized spacial score (nSPS) is 14.8. The van der Waals surface area contributed by atoms with Crippen LogP contribution in [-0.4, -0.2) is 6.29 Å². The van der Waals surface area contributed by atoms with Crippen LogP contribution in [0.5, 0.6) is 0 Å². The number of hydrogen-bond donors (Lipinski definition) is 0. The van der Waals surface area contributed by atoms with Crippen molar-refractivity contribution in [2.75, 3.05) is 0 Å². The second-order valence-corrected chi connectivity index (χ2v) is 6.89. The molecule has 1 rings (SSSR count). The van der Waals surface area contributed by atoms with Gasteiger partial charge in [0, 0.05) is 5.41 Å². The Morgan fingerprint density at radius 3 is 2.20 bits per heavy atom. The van der Waals surface area contributed by atoms with E-state index in [1.54, 1.807) is 0 Å². The van der Waals surface area contributed by atoms with Crippen LogP contribution in [0.15, 0.2) is 30.3 Å². The van der Waals surface area contributed by atoms with Gasteiger partial charge in [0.15, 0.2) is 0 Å². The van der Waals surface area contributed by atoms with Gasteiger partial charge in [-0.2, -0.15) is 0 Å². The van der Waals surface area contributed by atoms with Gasteiger partial charge in [0.25, 0.3) is 0 Å². The summed E-state index contributed by atoms with van der Waals surface area (Å²) in [6, 6.07) is 10.4. The highest BCUT2D eigenvalue weighted by atomic mass is 16.1. The van der Waals surface area contributed by atoms with Crippen molar-refractivity contribution in [2.45, 2.75) is 66.2 Å². The van der Waals surface area contributed by atoms with Crippen molar-refractivity contribution in [1.82, 2.24) is 0 Å². The minimum atomic E-state index is -0.291. The number of hydrogen-bond acceptors (Lipinski definition) is 1. The van der Waals surface area contributed by atoms with E-state index >= 15 is 0 Å². The second-order valence-electron chi connectivity index (χ2n) is 6.89. The van der Waals surface area contributed by atoms with Crippen LogP contribution in [0.3, 0.4) is 0 Å². The van der Waals surface area contributed by atoms with Crippen molar-refractivity contribution in [3.05, 3.63) is 35.9 Å². The molecule has 0 aliphatic carbocycles. The van der Waals surface area contributed by atoms with Gasteiger partial charge in [0.05, 0.1) is 0 Å². The molecular weight excluding hydrogens is 244 g/mol. The lowest BCUT2D eigenvalue weighted by molar-refractivity contribution is -0.121. The smallest absolute Gasteiger partial charge is 0.126 e. The first-order valence-electron chi connectivity index (χ1n) is 7.95. The van der Waals surface area contributed by atoms with Crippen LogP contribution in [0.1, 0.15) is 65.4 Å². The number of benzene rings is 1. The molecule has 0 aliphatic heterocycles. The number of carbonyl (C=O) groups is 1. The maximum Gasteiger partial charge on any atom is 0.126 e. The number of aldehydes is 1. The number of unbranched alkanes of at least 4 members (excludes halogenated alkanes) is 3. The van der Waals surface area contributed by atoms with Crippen LogP contribution in [0.2, 0.25) is 0 Å². The van der Waals surface area contributed by atoms with Gasteiger partial charge in [0.1, 0.15) is 6.29 Å². The number of rotatable bonds is 9. The van der Waals surface area contributed by atoms with Gasteiger partial charge in [-0.3, -0.25) is 0 Å². The summed E-state index contributed by atoms with van der Waals surface area (Å²) in [6.07, 6.45) is 8.19. The fourth-order valence-corrected chi connectivity index (χ4v) is 2.74. The molecule has 1 heteroatoms. The molecule has 0 amide bonds. The van der Waals surface area contributed by atoms with E-state index in [0.29, 0.717) is 0 Å². The molecule has 0 heterocycles. The molecule has 0 spiro atoms. The van der Waals surface area contributed by atoms with Crippen molar-refractivity contribution in [1.29, 1.82) is 0 Å². The van der Waals surface area contributed by atoms with Gasteiger partial charge >= 0.3 is 0 Å². The van der Waals surface area contributed by atoms with Crippen LogP contribution < -0.4 is 0 Å². The van der Waals surface area contributed by atoms with Crippen molar-refractivity contribution >= 4 is 6.29 Å². The largest absolute Gasteiger partial charge is 0.303 e. The molecule has 0 N–H and O–H groups in total. The second kappa shape index (κ2) is 7.61. The average Bonchev–Trinajstić information content (AvgIpc) is 2.44. The van der Waals surface area contributed by atoms with Gasteiger partial charge in [0.2, 0.25) is 0 Å². The first kappa shape index (κ1) is 16.9. The molecule has 0 aliphatic rings. The van der Waals surface area contributed by atoms with E-state index in [9.17, 15) is 4.79 Å². The Balaban J connectivity index is 2.72. The maximum atomic E-state index is 11.8. The summed E-state index contributed by atoms with van der Waals surface area (Å²) in [6.45, 7) is 8.84. The topological polar surface area (TPSA) is 17.1 Å². The fourth-order valence-electron chi connectivity index (χ4n) is 2.74. The average molecular weight is 274 g/mol. The SMILES string of the molecule is CCCCCCC(C)(C)C(C)(C=O)Cc1ccccc1. The highest BCUT2D eigenvalue weighted by molar-refractivity contribution is 5.61. The third-order valence-electron chi connectivity index (χ3n) is 4.88. The zero-order valence-electron chi connectivity index (χ0n) is 13.6. The molecule has 0 fully saturated rings. The molecule has 1 aromatic carbocycles. The Kier molecular flexibility index (Phi) is 6.45. The first-order chi connectivity index (χ1) is 9.45. The Morgan fingerprint density at radius 2 is 1.65 bits per heavy atom. The third-order valence-corrected chi connectivity index (χ3v) is 4.88. The summed E-state index contributed by atoms with van der Waals surface area (Å²) in [5.74, 6) is 0. The van der Waals surface area contributed by atoms with Crippen LogP contribution in [0.4, 0.5) is 0 Å². The van der Waals surface area contributed by atoms with Crippen LogP contribution in [0.25, 0.3) is 0 Å². The van der Waals surface area contributed by atoms with E-state index in [-0.39, 0.29) is 10.8 Å². The van der Waals surface area contributed by atoms with E-state index in [4.69, 9.17) is 0 Å². The summed E-state index contributed by atoms with van der Waals surface area (Å²) in [5, 5.41) is 0. The van der Waals surface area contributed by atoms with Crippen LogP contribution >= 0.6 is 0 Å². The van der Waals surface area contributed by atoms with Gasteiger partial charge in [-0.25, -0.2) is 0 Å². The Hall–Kier alpha value is -1.11. The van der Waals surface area contributed by atoms with Crippen molar-refractivity contribution in [2.24, 2.45) is 10.8 Å². The van der Waals surface area contributed by atoms with Crippen molar-refractivity contribution in [3.63, 3.8) is 0 Å². The molecule has 0 bridgehead atoms. The molecule has 0 saturated carbocycles. The molecule has 1 atom stereocenters. The van der Waals surface area contributed by atoms with Crippen LogP contribution in [-0.2, 0) is 11.2 Å². The summed E-state index contributed by atoms with van der Waals surface area (Å²) < 4.78 is 0. The molecule has 0 saturated heterocycles. The van der Waals surface area contributed by atoms with Gasteiger partial charge in [-0.15, -0.1) is 0 Å². The minimum Gasteiger partial charge on any atom is -0.303 e. The molecular formula is C19H30O. The highest BCUT2D eigenvalue weighted by Gasteiger charge is 2.40. The molecule has 1 aromatic rings. The van der Waals surface area contributed by atoms with Crippen molar-refractivity contribution in [3.8, 4) is 0 Å². The maximum absolute atomic E-state index is 11.8. The Bertz CT molecular complexity index is 393. The van der Waals surface area contributed by atoms with E-state index in [2.05, 4.69) is 52.0 Å². The predicted octanol–water partition coefficient (Wildman–Crippen LogP) is 5.43. The standard InChI is InChI=1S/C19H30O/c1-5-6-7-11-14-18(2,3)19(4,16-20)15-17-12-9-8-10-13-17/h8-10,12-13,16H,5-7,11,14-15H2,1-4H3. The zero-order chi connectivity index (χ0) is 15.1. The lowest BCUT2D eigenvalue weighted by Gasteiger charge is -2.41. The van der Waals surface area contributed by atoms with Crippen LogP contribution in [0, 0.1) is 10.8 Å². The van der Waals surface area contributed by atoms with E-state index < -0.39 is 0 Å². The van der Waals surface area contributed by atoms with E-state index in [1.807, 2.05) is 6.07 Å². The predicted molar refractivity (Wildman–Crippen MR) is 86.9 cm³/mol. The third kappa shape index (κ3) is 4.47. The first-order valence-corrected chi connectivity index (χ1v) is 7.95. The molecule has 112 valence electrons. The monoisotopic (exact) mass is 274 g/mol. The number of carbonyl (C=O) groups excluding carboxylic acids is 1. The summed E-state index contributed by atoms with van der Waals surface area (Å²) in [7, 11) is 0. The van der Waals surface area contributed by atoms with Gasteiger partial charge in [-0.1, -0.05) is 83.7 Å².